The van der Waals surface area contributed by atoms with Crippen molar-refractivity contribution in [2.24, 2.45) is 0 Å². The molecular formula is C13H15Br2N5O. The van der Waals surface area contributed by atoms with Crippen LogP contribution in [0.25, 0.3) is 0 Å². The van der Waals surface area contributed by atoms with E-state index in [9.17, 15) is 4.79 Å². The number of hydrogen-bond acceptors (Lipinski definition) is 4. The zero-order chi connectivity index (χ0) is 15.4. The summed E-state index contributed by atoms with van der Waals surface area (Å²) in [6, 6.07) is -0.370. The maximum atomic E-state index is 12.4. The zero-order valence-corrected chi connectivity index (χ0v) is 14.8. The van der Waals surface area contributed by atoms with Crippen LogP contribution in [0.1, 0.15) is 31.5 Å². The van der Waals surface area contributed by atoms with Crippen LogP contribution in [0.5, 0.6) is 0 Å². The minimum Gasteiger partial charge on any atom is -0.308 e. The van der Waals surface area contributed by atoms with Gasteiger partial charge >= 0.3 is 0 Å². The van der Waals surface area contributed by atoms with Crippen molar-refractivity contribution >= 4 is 43.6 Å². The average molecular weight is 417 g/mol. The van der Waals surface area contributed by atoms with Gasteiger partial charge in [0.1, 0.15) is 10.6 Å². The van der Waals surface area contributed by atoms with Crippen LogP contribution in [0.15, 0.2) is 27.7 Å². The lowest BCUT2D eigenvalue weighted by atomic mass is 10.1. The number of nitrogens with one attached hydrogen (secondary N) is 1. The standard InChI is InChI=1S/C13H15Br2N5O/c1-3-4-10(20-7-9(14)8(2)19-20)13(21)18-12-6-16-11(15)5-17-12/h5-7,10H,3-4H2,1-2H3,(H,17,18,21). The molecule has 0 fully saturated rings. The minimum atomic E-state index is -0.370. The van der Waals surface area contributed by atoms with Gasteiger partial charge in [-0.1, -0.05) is 13.3 Å². The Kier molecular flexibility index (Phi) is 5.46. The van der Waals surface area contributed by atoms with E-state index in [1.807, 2.05) is 20.0 Å². The van der Waals surface area contributed by atoms with Crippen LogP contribution in [0.4, 0.5) is 5.82 Å². The highest BCUT2D eigenvalue weighted by atomic mass is 79.9. The van der Waals surface area contributed by atoms with E-state index < -0.39 is 0 Å². The Balaban J connectivity index is 2.17. The van der Waals surface area contributed by atoms with Crippen LogP contribution in [0, 0.1) is 6.92 Å². The Hall–Kier alpha value is -1.28. The highest BCUT2D eigenvalue weighted by Crippen LogP contribution is 2.21. The monoisotopic (exact) mass is 415 g/mol. The molecule has 0 aliphatic heterocycles. The van der Waals surface area contributed by atoms with Gasteiger partial charge in [0.2, 0.25) is 5.91 Å². The largest absolute Gasteiger partial charge is 0.308 e. The lowest BCUT2D eigenvalue weighted by molar-refractivity contribution is -0.119. The first-order valence-corrected chi connectivity index (χ1v) is 8.09. The van der Waals surface area contributed by atoms with Gasteiger partial charge in [-0.05, 0) is 45.2 Å². The lowest BCUT2D eigenvalue weighted by Gasteiger charge is -2.16. The first kappa shape index (κ1) is 16.1. The molecule has 0 radical (unpaired) electrons. The minimum absolute atomic E-state index is 0.150. The van der Waals surface area contributed by atoms with E-state index in [4.69, 9.17) is 0 Å². The molecule has 0 saturated carbocycles. The first-order valence-electron chi connectivity index (χ1n) is 6.51. The Morgan fingerprint density at radius 2 is 2.14 bits per heavy atom. The second-order valence-electron chi connectivity index (χ2n) is 4.56. The molecule has 1 N–H and O–H groups in total. The van der Waals surface area contributed by atoms with Crippen LogP contribution in [-0.2, 0) is 4.79 Å². The van der Waals surface area contributed by atoms with E-state index in [0.717, 1.165) is 16.6 Å². The number of aryl methyl sites for hydroxylation is 1. The van der Waals surface area contributed by atoms with Crippen molar-refractivity contribution in [2.45, 2.75) is 32.7 Å². The molecule has 2 rings (SSSR count). The molecule has 6 nitrogen and oxygen atoms in total. The summed E-state index contributed by atoms with van der Waals surface area (Å²) in [7, 11) is 0. The average Bonchev–Trinajstić information content (AvgIpc) is 2.78. The smallest absolute Gasteiger partial charge is 0.250 e. The van der Waals surface area contributed by atoms with Crippen LogP contribution < -0.4 is 5.32 Å². The number of anilines is 1. The van der Waals surface area contributed by atoms with E-state index in [0.29, 0.717) is 16.8 Å². The molecule has 0 spiro atoms. The summed E-state index contributed by atoms with van der Waals surface area (Å²) in [5.41, 5.74) is 0.854. The zero-order valence-electron chi connectivity index (χ0n) is 11.7. The highest BCUT2D eigenvalue weighted by molar-refractivity contribution is 9.10. The first-order chi connectivity index (χ1) is 10.0. The van der Waals surface area contributed by atoms with Crippen molar-refractivity contribution in [1.82, 2.24) is 19.7 Å². The molecule has 0 aliphatic rings. The highest BCUT2D eigenvalue weighted by Gasteiger charge is 2.22. The predicted molar refractivity (Wildman–Crippen MR) is 87.0 cm³/mol. The molecule has 0 bridgehead atoms. The molecule has 2 aromatic rings. The Bertz CT molecular complexity index is 606. The molecule has 8 heteroatoms. The van der Waals surface area contributed by atoms with Crippen LogP contribution in [0.3, 0.4) is 0 Å². The maximum absolute atomic E-state index is 12.4. The molecular weight excluding hydrogens is 402 g/mol. The number of carbonyl (C=O) groups excluding carboxylic acids is 1. The van der Waals surface area contributed by atoms with Crippen molar-refractivity contribution in [2.75, 3.05) is 5.32 Å². The third kappa shape index (κ3) is 4.10. The van der Waals surface area contributed by atoms with Gasteiger partial charge in [-0.25, -0.2) is 9.97 Å². The number of nitrogens with zero attached hydrogens (tertiary/aromatic N) is 4. The van der Waals surface area contributed by atoms with Gasteiger partial charge in [0.25, 0.3) is 0 Å². The summed E-state index contributed by atoms with van der Waals surface area (Å²) >= 11 is 6.62. The Morgan fingerprint density at radius 3 is 2.67 bits per heavy atom. The molecule has 1 atom stereocenters. The molecule has 2 aromatic heterocycles. The number of rotatable bonds is 5. The molecule has 0 aromatic carbocycles. The Labute approximate surface area is 139 Å². The van der Waals surface area contributed by atoms with Gasteiger partial charge in [0, 0.05) is 6.20 Å². The summed E-state index contributed by atoms with van der Waals surface area (Å²) < 4.78 is 3.20. The molecule has 0 saturated heterocycles. The van der Waals surface area contributed by atoms with Crippen molar-refractivity contribution in [3.63, 3.8) is 0 Å². The summed E-state index contributed by atoms with van der Waals surface area (Å²) in [6.45, 7) is 3.92. The van der Waals surface area contributed by atoms with E-state index in [2.05, 4.69) is 52.2 Å². The van der Waals surface area contributed by atoms with E-state index in [1.165, 1.54) is 6.20 Å². The van der Waals surface area contributed by atoms with Crippen LogP contribution in [-0.4, -0.2) is 25.7 Å². The number of carbonyl (C=O) groups is 1. The van der Waals surface area contributed by atoms with Gasteiger partial charge in [-0.15, -0.1) is 0 Å². The van der Waals surface area contributed by atoms with E-state index >= 15 is 0 Å². The molecule has 1 unspecified atom stereocenters. The van der Waals surface area contributed by atoms with Gasteiger partial charge in [0.05, 0.1) is 22.6 Å². The fraction of sp³-hybridized carbons (Fsp3) is 0.385. The van der Waals surface area contributed by atoms with Crippen molar-refractivity contribution in [3.8, 4) is 0 Å². The summed E-state index contributed by atoms with van der Waals surface area (Å²) in [5.74, 6) is 0.274. The fourth-order valence-electron chi connectivity index (χ4n) is 1.86. The fourth-order valence-corrected chi connectivity index (χ4v) is 2.36. The van der Waals surface area contributed by atoms with Crippen molar-refractivity contribution < 1.29 is 4.79 Å². The lowest BCUT2D eigenvalue weighted by Crippen LogP contribution is -2.27. The second-order valence-corrected chi connectivity index (χ2v) is 6.23. The molecule has 0 aliphatic carbocycles. The topological polar surface area (TPSA) is 72.7 Å². The summed E-state index contributed by atoms with van der Waals surface area (Å²) in [4.78, 5) is 20.6. The van der Waals surface area contributed by atoms with E-state index in [1.54, 1.807) is 10.9 Å². The maximum Gasteiger partial charge on any atom is 0.250 e. The van der Waals surface area contributed by atoms with Crippen molar-refractivity contribution in [1.29, 1.82) is 0 Å². The third-order valence-electron chi connectivity index (χ3n) is 2.91. The molecule has 2 heterocycles. The number of halogens is 2. The third-order valence-corrected chi connectivity index (χ3v) is 4.10. The number of amides is 1. The summed E-state index contributed by atoms with van der Waals surface area (Å²) in [5, 5.41) is 7.14. The van der Waals surface area contributed by atoms with Gasteiger partial charge in [0.15, 0.2) is 5.82 Å². The Morgan fingerprint density at radius 1 is 1.38 bits per heavy atom. The van der Waals surface area contributed by atoms with Crippen molar-refractivity contribution in [3.05, 3.63) is 33.4 Å². The molecule has 21 heavy (non-hydrogen) atoms. The normalized spacial score (nSPS) is 12.2. The van der Waals surface area contributed by atoms with Crippen LogP contribution >= 0.6 is 31.9 Å². The van der Waals surface area contributed by atoms with E-state index in [-0.39, 0.29) is 11.9 Å². The second kappa shape index (κ2) is 7.13. The van der Waals surface area contributed by atoms with Gasteiger partial charge in [-0.3, -0.25) is 9.48 Å². The molecule has 112 valence electrons. The number of aromatic nitrogens is 4. The predicted octanol–water partition coefficient (Wildman–Crippen LogP) is 3.49. The summed E-state index contributed by atoms with van der Waals surface area (Å²) in [6.07, 6.45) is 6.45. The molecule has 1 amide bonds. The SMILES string of the molecule is CCCC(C(=O)Nc1cnc(Br)cn1)n1cc(Br)c(C)n1. The van der Waals surface area contributed by atoms with Gasteiger partial charge < -0.3 is 5.32 Å². The van der Waals surface area contributed by atoms with Crippen LogP contribution in [0.2, 0.25) is 0 Å². The van der Waals surface area contributed by atoms with Gasteiger partial charge in [-0.2, -0.15) is 5.10 Å². The quantitative estimate of drug-likeness (QED) is 0.809. The number of hydrogen-bond donors (Lipinski definition) is 1.